The molecule has 5 heteroatoms. The van der Waals surface area contributed by atoms with Gasteiger partial charge in [0.2, 0.25) is 0 Å². The summed E-state index contributed by atoms with van der Waals surface area (Å²) < 4.78 is 5.38. The number of methoxy groups -OCH3 is 1. The first-order valence-electron chi connectivity index (χ1n) is 6.62. The van der Waals surface area contributed by atoms with Gasteiger partial charge in [-0.05, 0) is 38.7 Å². The molecule has 0 saturated heterocycles. The van der Waals surface area contributed by atoms with Crippen molar-refractivity contribution in [2.45, 2.75) is 44.8 Å². The van der Waals surface area contributed by atoms with Crippen molar-refractivity contribution in [1.29, 1.82) is 0 Å². The molecule has 2 rings (SSSR count). The maximum Gasteiger partial charge on any atom is 0.348 e. The summed E-state index contributed by atoms with van der Waals surface area (Å²) in [6.45, 7) is 1.95. The molecule has 1 aliphatic carbocycles. The fourth-order valence-electron chi connectivity index (χ4n) is 2.78. The monoisotopic (exact) mass is 283 g/mol. The summed E-state index contributed by atoms with van der Waals surface area (Å²) in [6.07, 6.45) is 4.59. The third-order valence-corrected chi connectivity index (χ3v) is 4.96. The fraction of sp³-hybridized carbons (Fsp3) is 0.643. The highest BCUT2D eigenvalue weighted by Crippen LogP contribution is 2.34. The summed E-state index contributed by atoms with van der Waals surface area (Å²) in [5.74, 6) is -0.828. The van der Waals surface area contributed by atoms with Gasteiger partial charge in [0.05, 0.1) is 11.8 Å². The van der Waals surface area contributed by atoms with Crippen molar-refractivity contribution in [3.05, 3.63) is 15.8 Å². The molecule has 1 N–H and O–H groups in total. The second kappa shape index (κ2) is 5.92. The molecule has 0 unspecified atom stereocenters. The summed E-state index contributed by atoms with van der Waals surface area (Å²) in [5.41, 5.74) is 0.857. The number of thiophene rings is 1. The van der Waals surface area contributed by atoms with Gasteiger partial charge in [-0.3, -0.25) is 0 Å². The van der Waals surface area contributed by atoms with Crippen LogP contribution in [0.2, 0.25) is 0 Å². The number of carbonyl (C=O) groups is 1. The average molecular weight is 283 g/mol. The number of rotatable bonds is 4. The molecular formula is C14H21NO3S. The Morgan fingerprint density at radius 2 is 2.05 bits per heavy atom. The van der Waals surface area contributed by atoms with Gasteiger partial charge in [-0.15, -0.1) is 11.3 Å². The van der Waals surface area contributed by atoms with E-state index >= 15 is 0 Å². The first-order valence-corrected chi connectivity index (χ1v) is 7.44. The standard InChI is InChI=1S/C14H21NO3S/c1-9-8-12(13(19-9)14(16)17)15(2)10-4-6-11(18-3)7-5-10/h8,10-11H,4-7H2,1-3H3,(H,16,17). The van der Waals surface area contributed by atoms with Crippen molar-refractivity contribution in [1.82, 2.24) is 0 Å². The first-order chi connectivity index (χ1) is 9.02. The Bertz CT molecular complexity index is 450. The van der Waals surface area contributed by atoms with Crippen LogP contribution in [0, 0.1) is 6.92 Å². The Labute approximate surface area is 118 Å². The maximum absolute atomic E-state index is 11.3. The molecule has 1 aromatic rings. The Morgan fingerprint density at radius 3 is 2.58 bits per heavy atom. The third-order valence-electron chi connectivity index (χ3n) is 3.93. The molecule has 0 bridgehead atoms. The lowest BCUT2D eigenvalue weighted by molar-refractivity contribution is 0.0656. The lowest BCUT2D eigenvalue weighted by Crippen LogP contribution is -2.37. The van der Waals surface area contributed by atoms with Gasteiger partial charge in [0, 0.05) is 25.1 Å². The zero-order chi connectivity index (χ0) is 14.0. The van der Waals surface area contributed by atoms with E-state index in [-0.39, 0.29) is 0 Å². The van der Waals surface area contributed by atoms with Crippen LogP contribution in [0.3, 0.4) is 0 Å². The molecule has 1 heterocycles. The Kier molecular flexibility index (Phi) is 4.47. The molecule has 1 saturated carbocycles. The number of carboxylic acid groups (broad SMARTS) is 1. The molecule has 19 heavy (non-hydrogen) atoms. The van der Waals surface area contributed by atoms with E-state index < -0.39 is 5.97 Å². The number of aryl methyl sites for hydroxylation is 1. The topological polar surface area (TPSA) is 49.8 Å². The molecule has 0 radical (unpaired) electrons. The van der Waals surface area contributed by atoms with Gasteiger partial charge in [0.15, 0.2) is 0 Å². The molecule has 4 nitrogen and oxygen atoms in total. The molecule has 0 atom stereocenters. The van der Waals surface area contributed by atoms with Crippen molar-refractivity contribution < 1.29 is 14.6 Å². The zero-order valence-corrected chi connectivity index (χ0v) is 12.5. The second-order valence-corrected chi connectivity index (χ2v) is 6.41. The Hall–Kier alpha value is -1.07. The van der Waals surface area contributed by atoms with Crippen molar-refractivity contribution in [2.75, 3.05) is 19.1 Å². The van der Waals surface area contributed by atoms with E-state index in [0.29, 0.717) is 17.0 Å². The average Bonchev–Trinajstić information content (AvgIpc) is 2.80. The van der Waals surface area contributed by atoms with E-state index in [1.807, 2.05) is 20.0 Å². The molecule has 0 aliphatic heterocycles. The van der Waals surface area contributed by atoms with E-state index in [9.17, 15) is 9.90 Å². The Morgan fingerprint density at radius 1 is 1.42 bits per heavy atom. The van der Waals surface area contributed by atoms with Gasteiger partial charge in [0.25, 0.3) is 0 Å². The van der Waals surface area contributed by atoms with Gasteiger partial charge in [-0.1, -0.05) is 0 Å². The van der Waals surface area contributed by atoms with E-state index in [1.165, 1.54) is 11.3 Å². The summed E-state index contributed by atoms with van der Waals surface area (Å²) in [6, 6.07) is 2.40. The van der Waals surface area contributed by atoms with Crippen LogP contribution < -0.4 is 4.90 Å². The zero-order valence-electron chi connectivity index (χ0n) is 11.7. The number of carboxylic acids is 1. The van der Waals surface area contributed by atoms with Crippen LogP contribution >= 0.6 is 11.3 Å². The molecule has 106 valence electrons. The van der Waals surface area contributed by atoms with Crippen molar-refractivity contribution in [3.63, 3.8) is 0 Å². The molecule has 0 spiro atoms. The van der Waals surface area contributed by atoms with Gasteiger partial charge >= 0.3 is 5.97 Å². The third kappa shape index (κ3) is 3.09. The second-order valence-electron chi connectivity index (χ2n) is 5.15. The van der Waals surface area contributed by atoms with Gasteiger partial charge in [0.1, 0.15) is 4.88 Å². The van der Waals surface area contributed by atoms with Crippen molar-refractivity contribution >= 4 is 23.0 Å². The van der Waals surface area contributed by atoms with Crippen molar-refractivity contribution in [2.24, 2.45) is 0 Å². The van der Waals surface area contributed by atoms with Crippen molar-refractivity contribution in [3.8, 4) is 0 Å². The highest BCUT2D eigenvalue weighted by molar-refractivity contribution is 7.14. The number of nitrogens with zero attached hydrogens (tertiary/aromatic N) is 1. The minimum Gasteiger partial charge on any atom is -0.477 e. The number of aromatic carboxylic acids is 1. The molecule has 1 aromatic heterocycles. The van der Waals surface area contributed by atoms with E-state index in [0.717, 1.165) is 36.2 Å². The molecule has 0 aromatic carbocycles. The lowest BCUT2D eigenvalue weighted by Gasteiger charge is -2.35. The number of hydrogen-bond acceptors (Lipinski definition) is 4. The van der Waals surface area contributed by atoms with Crippen LogP contribution in [-0.4, -0.2) is 37.4 Å². The largest absolute Gasteiger partial charge is 0.477 e. The Balaban J connectivity index is 2.12. The van der Waals surface area contributed by atoms with Crippen LogP contribution in [0.15, 0.2) is 6.07 Å². The van der Waals surface area contributed by atoms with Crippen LogP contribution in [-0.2, 0) is 4.74 Å². The lowest BCUT2D eigenvalue weighted by atomic mass is 9.92. The maximum atomic E-state index is 11.3. The van der Waals surface area contributed by atoms with Crippen LogP contribution in [0.1, 0.15) is 40.2 Å². The smallest absolute Gasteiger partial charge is 0.348 e. The molecule has 1 aliphatic rings. The number of hydrogen-bond donors (Lipinski definition) is 1. The van der Waals surface area contributed by atoms with Crippen LogP contribution in [0.4, 0.5) is 5.69 Å². The fourth-order valence-corrected chi connectivity index (χ4v) is 3.67. The highest BCUT2D eigenvalue weighted by Gasteiger charge is 2.27. The minimum atomic E-state index is -0.828. The minimum absolute atomic E-state index is 0.368. The van der Waals surface area contributed by atoms with E-state index in [2.05, 4.69) is 4.90 Å². The molecular weight excluding hydrogens is 262 g/mol. The highest BCUT2D eigenvalue weighted by atomic mass is 32.1. The summed E-state index contributed by atoms with van der Waals surface area (Å²) in [5, 5.41) is 9.27. The normalized spacial score (nSPS) is 23.3. The summed E-state index contributed by atoms with van der Waals surface area (Å²) in [7, 11) is 3.77. The van der Waals surface area contributed by atoms with Crippen LogP contribution in [0.25, 0.3) is 0 Å². The predicted octanol–water partition coefficient (Wildman–Crippen LogP) is 3.15. The predicted molar refractivity (Wildman–Crippen MR) is 77.5 cm³/mol. The quantitative estimate of drug-likeness (QED) is 0.922. The SMILES string of the molecule is COC1CCC(N(C)c2cc(C)sc2C(=O)O)CC1. The van der Waals surface area contributed by atoms with Gasteiger partial charge in [-0.2, -0.15) is 0 Å². The number of anilines is 1. The van der Waals surface area contributed by atoms with E-state index in [4.69, 9.17) is 4.74 Å². The summed E-state index contributed by atoms with van der Waals surface area (Å²) >= 11 is 1.35. The van der Waals surface area contributed by atoms with Crippen LogP contribution in [0.5, 0.6) is 0 Å². The molecule has 1 fully saturated rings. The summed E-state index contributed by atoms with van der Waals surface area (Å²) in [4.78, 5) is 14.9. The first kappa shape index (κ1) is 14.3. The van der Waals surface area contributed by atoms with Gasteiger partial charge in [-0.25, -0.2) is 4.79 Å². The number of ether oxygens (including phenoxy) is 1. The van der Waals surface area contributed by atoms with E-state index in [1.54, 1.807) is 7.11 Å². The molecule has 0 amide bonds. The van der Waals surface area contributed by atoms with Gasteiger partial charge < -0.3 is 14.7 Å².